The summed E-state index contributed by atoms with van der Waals surface area (Å²) in [6.45, 7) is 7.97. The Balaban J connectivity index is 1.49. The molecule has 0 bridgehead atoms. The van der Waals surface area contributed by atoms with Crippen LogP contribution in [0.2, 0.25) is 5.02 Å². The summed E-state index contributed by atoms with van der Waals surface area (Å²) in [6, 6.07) is 9.72. The maximum atomic E-state index is 14.0. The number of nitrogens with one attached hydrogen (secondary N) is 2. The fourth-order valence-electron chi connectivity index (χ4n) is 4.44. The van der Waals surface area contributed by atoms with Crippen LogP contribution in [0.15, 0.2) is 54.9 Å². The van der Waals surface area contributed by atoms with Crippen molar-refractivity contribution in [3.63, 3.8) is 0 Å². The number of nitrogens with zero attached hydrogens (tertiary/aromatic N) is 3. The lowest BCUT2D eigenvalue weighted by Crippen LogP contribution is -2.45. The van der Waals surface area contributed by atoms with E-state index < -0.39 is 23.6 Å². The number of piperazine rings is 1. The van der Waals surface area contributed by atoms with E-state index in [1.165, 1.54) is 36.5 Å². The monoisotopic (exact) mass is 559 g/mol. The standard InChI is InChI=1S/C28H29ClF3N5O2/c1-3-36-6-8-37(9-7-36)17-19-4-5-23(14-25(19)28(30,31)32)34-26(38)20-11-22(29)13-24(12-20)35-27(39)21-10-18(2)15-33-16-21/h4-5,10-16H,3,6-9,17H2,1-2H3,(H,34,38)(H,35,39). The van der Waals surface area contributed by atoms with Crippen LogP contribution in [-0.2, 0) is 12.7 Å². The second-order valence-electron chi connectivity index (χ2n) is 9.47. The number of likely N-dealkylation sites (N-methyl/N-ethyl adjacent to an activating group) is 1. The highest BCUT2D eigenvalue weighted by Gasteiger charge is 2.34. The van der Waals surface area contributed by atoms with Crippen molar-refractivity contribution in [2.45, 2.75) is 26.6 Å². The Morgan fingerprint density at radius 3 is 2.23 bits per heavy atom. The third-order valence-corrected chi connectivity index (χ3v) is 6.75. The lowest BCUT2D eigenvalue weighted by atomic mass is 10.0. The highest BCUT2D eigenvalue weighted by molar-refractivity contribution is 6.31. The van der Waals surface area contributed by atoms with E-state index in [1.807, 2.05) is 4.90 Å². The molecule has 0 saturated carbocycles. The molecule has 1 aliphatic rings. The van der Waals surface area contributed by atoms with Crippen molar-refractivity contribution >= 4 is 34.8 Å². The summed E-state index contributed by atoms with van der Waals surface area (Å²) in [6.07, 6.45) is -1.56. The summed E-state index contributed by atoms with van der Waals surface area (Å²) in [7, 11) is 0. The van der Waals surface area contributed by atoms with Crippen LogP contribution in [0.4, 0.5) is 24.5 Å². The minimum atomic E-state index is -4.58. The zero-order valence-electron chi connectivity index (χ0n) is 21.6. The van der Waals surface area contributed by atoms with E-state index in [9.17, 15) is 22.8 Å². The number of hydrogen-bond donors (Lipinski definition) is 2. The number of anilines is 2. The van der Waals surface area contributed by atoms with Crippen LogP contribution < -0.4 is 10.6 Å². The van der Waals surface area contributed by atoms with Gasteiger partial charge in [-0.3, -0.25) is 19.5 Å². The first-order valence-electron chi connectivity index (χ1n) is 12.5. The topological polar surface area (TPSA) is 77.6 Å². The summed E-state index contributed by atoms with van der Waals surface area (Å²) in [5.74, 6) is -1.11. The van der Waals surface area contributed by atoms with Gasteiger partial charge in [-0.2, -0.15) is 13.2 Å². The minimum Gasteiger partial charge on any atom is -0.322 e. The Hall–Kier alpha value is -3.47. The molecule has 0 aliphatic carbocycles. The third-order valence-electron chi connectivity index (χ3n) is 6.53. The minimum absolute atomic E-state index is 0.00303. The Labute approximate surface area is 230 Å². The molecule has 1 fully saturated rings. The molecule has 1 saturated heterocycles. The molecule has 39 heavy (non-hydrogen) atoms. The Bertz CT molecular complexity index is 1360. The first kappa shape index (κ1) is 28.5. The van der Waals surface area contributed by atoms with Crippen molar-refractivity contribution in [2.24, 2.45) is 0 Å². The second kappa shape index (κ2) is 12.1. The smallest absolute Gasteiger partial charge is 0.322 e. The molecule has 11 heteroatoms. The number of halogens is 4. The summed E-state index contributed by atoms with van der Waals surface area (Å²) in [5, 5.41) is 5.36. The van der Waals surface area contributed by atoms with Crippen LogP contribution in [0.1, 0.15) is 44.3 Å². The third kappa shape index (κ3) is 7.56. The van der Waals surface area contributed by atoms with Crippen LogP contribution in [0.3, 0.4) is 0 Å². The maximum Gasteiger partial charge on any atom is 0.416 e. The van der Waals surface area contributed by atoms with E-state index in [2.05, 4.69) is 27.4 Å². The number of aryl methyl sites for hydroxylation is 1. The number of hydrogen-bond acceptors (Lipinski definition) is 5. The number of carbonyl (C=O) groups excluding carboxylic acids is 2. The van der Waals surface area contributed by atoms with Crippen LogP contribution in [0.5, 0.6) is 0 Å². The van der Waals surface area contributed by atoms with Crippen LogP contribution >= 0.6 is 11.6 Å². The van der Waals surface area contributed by atoms with Crippen molar-refractivity contribution in [3.05, 3.63) is 87.7 Å². The van der Waals surface area contributed by atoms with E-state index in [-0.39, 0.29) is 34.1 Å². The molecule has 0 atom stereocenters. The number of pyridine rings is 1. The predicted molar refractivity (Wildman–Crippen MR) is 145 cm³/mol. The molecule has 7 nitrogen and oxygen atoms in total. The van der Waals surface area contributed by atoms with Gasteiger partial charge in [0.05, 0.1) is 11.1 Å². The number of alkyl halides is 3. The fourth-order valence-corrected chi connectivity index (χ4v) is 4.67. The number of carbonyl (C=O) groups is 2. The highest BCUT2D eigenvalue weighted by atomic mass is 35.5. The van der Waals surface area contributed by atoms with Crippen molar-refractivity contribution in [1.82, 2.24) is 14.8 Å². The van der Waals surface area contributed by atoms with Gasteiger partial charge in [0.25, 0.3) is 11.8 Å². The van der Waals surface area contributed by atoms with Gasteiger partial charge in [-0.1, -0.05) is 24.6 Å². The molecule has 0 spiro atoms. The normalized spacial score (nSPS) is 14.7. The lowest BCUT2D eigenvalue weighted by Gasteiger charge is -2.34. The molecular formula is C28H29ClF3N5O2. The lowest BCUT2D eigenvalue weighted by molar-refractivity contribution is -0.138. The molecule has 2 heterocycles. The molecule has 206 valence electrons. The molecule has 2 aromatic carbocycles. The first-order valence-corrected chi connectivity index (χ1v) is 12.9. The summed E-state index contributed by atoms with van der Waals surface area (Å²) in [4.78, 5) is 33.8. The quantitative estimate of drug-likeness (QED) is 0.388. The molecular weight excluding hydrogens is 531 g/mol. The van der Waals surface area contributed by atoms with Crippen LogP contribution in [0, 0.1) is 6.92 Å². The Morgan fingerprint density at radius 1 is 0.897 bits per heavy atom. The fraction of sp³-hybridized carbons (Fsp3) is 0.321. The Kier molecular flexibility index (Phi) is 8.89. The zero-order valence-corrected chi connectivity index (χ0v) is 22.4. The van der Waals surface area contributed by atoms with Gasteiger partial charge in [0.15, 0.2) is 0 Å². The summed E-state index contributed by atoms with van der Waals surface area (Å²) >= 11 is 6.17. The summed E-state index contributed by atoms with van der Waals surface area (Å²) in [5.41, 5.74) is 0.835. The predicted octanol–water partition coefficient (Wildman–Crippen LogP) is 5.70. The SMILES string of the molecule is CCN1CCN(Cc2ccc(NC(=O)c3cc(Cl)cc(NC(=O)c4cncc(C)c4)c3)cc2C(F)(F)F)CC1. The molecule has 0 radical (unpaired) electrons. The molecule has 0 unspecified atom stereocenters. The van der Waals surface area contributed by atoms with Crippen molar-refractivity contribution < 1.29 is 22.8 Å². The average molecular weight is 560 g/mol. The zero-order chi connectivity index (χ0) is 28.2. The molecule has 4 rings (SSSR count). The maximum absolute atomic E-state index is 14.0. The van der Waals surface area contributed by atoms with Crippen LogP contribution in [-0.4, -0.2) is 59.3 Å². The van der Waals surface area contributed by atoms with Crippen molar-refractivity contribution in [1.29, 1.82) is 0 Å². The molecule has 2 amide bonds. The van der Waals surface area contributed by atoms with Gasteiger partial charge in [0, 0.05) is 67.1 Å². The van der Waals surface area contributed by atoms with E-state index in [0.29, 0.717) is 18.7 Å². The molecule has 2 N–H and O–H groups in total. The largest absolute Gasteiger partial charge is 0.416 e. The van der Waals surface area contributed by atoms with E-state index in [4.69, 9.17) is 11.6 Å². The highest BCUT2D eigenvalue weighted by Crippen LogP contribution is 2.35. The number of aromatic nitrogens is 1. The van der Waals surface area contributed by atoms with E-state index >= 15 is 0 Å². The molecule has 1 aliphatic heterocycles. The van der Waals surface area contributed by atoms with Gasteiger partial charge in [0.2, 0.25) is 0 Å². The molecule has 1 aromatic heterocycles. The second-order valence-corrected chi connectivity index (χ2v) is 9.90. The van der Waals surface area contributed by atoms with Gasteiger partial charge >= 0.3 is 6.18 Å². The van der Waals surface area contributed by atoms with E-state index in [0.717, 1.165) is 31.3 Å². The number of amides is 2. The van der Waals surface area contributed by atoms with Gasteiger partial charge < -0.3 is 15.5 Å². The van der Waals surface area contributed by atoms with E-state index in [1.54, 1.807) is 19.2 Å². The number of rotatable bonds is 7. The van der Waals surface area contributed by atoms with Gasteiger partial charge in [-0.05, 0) is 61.0 Å². The first-order chi connectivity index (χ1) is 18.5. The van der Waals surface area contributed by atoms with Crippen molar-refractivity contribution in [2.75, 3.05) is 43.4 Å². The average Bonchev–Trinajstić information content (AvgIpc) is 2.89. The number of benzene rings is 2. The van der Waals surface area contributed by atoms with Gasteiger partial charge in [-0.15, -0.1) is 0 Å². The summed E-state index contributed by atoms with van der Waals surface area (Å²) < 4.78 is 41.9. The Morgan fingerprint density at radius 2 is 1.56 bits per heavy atom. The van der Waals surface area contributed by atoms with Crippen LogP contribution in [0.25, 0.3) is 0 Å². The molecule has 3 aromatic rings. The van der Waals surface area contributed by atoms with Gasteiger partial charge in [0.1, 0.15) is 0 Å². The van der Waals surface area contributed by atoms with Gasteiger partial charge in [-0.25, -0.2) is 0 Å². The van der Waals surface area contributed by atoms with Crippen molar-refractivity contribution in [3.8, 4) is 0 Å².